The molecule has 0 saturated heterocycles. The highest BCUT2D eigenvalue weighted by molar-refractivity contribution is 8.01. The van der Waals surface area contributed by atoms with Crippen molar-refractivity contribution >= 4 is 28.2 Å². The zero-order chi connectivity index (χ0) is 14.7. The van der Waals surface area contributed by atoms with Crippen molar-refractivity contribution in [2.75, 3.05) is 19.0 Å². The Labute approximate surface area is 126 Å². The standard InChI is InChI=1S/C13H17FN4S2/c1-8(15)6-9-4-5-11(10(14)7-9)19-13-17-16-12(20-13)18(2)3/h4-5,7-8H,6,15H2,1-3H3. The molecule has 0 saturated carbocycles. The highest BCUT2D eigenvalue weighted by Crippen LogP contribution is 2.34. The molecular weight excluding hydrogens is 295 g/mol. The molecule has 0 bridgehead atoms. The third-order valence-corrected chi connectivity index (χ3v) is 4.72. The van der Waals surface area contributed by atoms with Crippen LogP contribution in [0.1, 0.15) is 12.5 Å². The van der Waals surface area contributed by atoms with Gasteiger partial charge in [-0.15, -0.1) is 10.2 Å². The first-order valence-electron chi connectivity index (χ1n) is 6.18. The van der Waals surface area contributed by atoms with Crippen LogP contribution in [0, 0.1) is 5.82 Å². The second kappa shape index (κ2) is 6.51. The van der Waals surface area contributed by atoms with Crippen LogP contribution in [0.4, 0.5) is 9.52 Å². The molecule has 1 aromatic carbocycles. The van der Waals surface area contributed by atoms with Gasteiger partial charge in [0.2, 0.25) is 5.13 Å². The maximum Gasteiger partial charge on any atom is 0.208 e. The number of nitrogens with zero attached hydrogens (tertiary/aromatic N) is 3. The zero-order valence-corrected chi connectivity index (χ0v) is 13.3. The molecule has 0 spiro atoms. The fourth-order valence-electron chi connectivity index (χ4n) is 1.64. The van der Waals surface area contributed by atoms with Gasteiger partial charge in [-0.05, 0) is 31.0 Å². The number of aromatic nitrogens is 2. The van der Waals surface area contributed by atoms with E-state index in [0.29, 0.717) is 11.3 Å². The second-order valence-electron chi connectivity index (χ2n) is 4.79. The van der Waals surface area contributed by atoms with E-state index >= 15 is 0 Å². The normalized spacial score (nSPS) is 12.4. The molecule has 108 valence electrons. The lowest BCUT2D eigenvalue weighted by molar-refractivity contribution is 0.597. The molecule has 0 aliphatic carbocycles. The SMILES string of the molecule is CC(N)Cc1ccc(Sc2nnc(N(C)C)s2)c(F)c1. The van der Waals surface area contributed by atoms with Crippen molar-refractivity contribution in [3.05, 3.63) is 29.6 Å². The molecule has 0 radical (unpaired) electrons. The quantitative estimate of drug-likeness (QED) is 0.920. The minimum Gasteiger partial charge on any atom is -0.353 e. The minimum atomic E-state index is -0.241. The summed E-state index contributed by atoms with van der Waals surface area (Å²) >= 11 is 2.73. The monoisotopic (exact) mass is 312 g/mol. The van der Waals surface area contributed by atoms with Crippen LogP contribution in [0.5, 0.6) is 0 Å². The molecule has 0 amide bonds. The summed E-state index contributed by atoms with van der Waals surface area (Å²) in [6, 6.07) is 5.25. The van der Waals surface area contributed by atoms with Crippen LogP contribution in [0.2, 0.25) is 0 Å². The van der Waals surface area contributed by atoms with E-state index in [0.717, 1.165) is 15.0 Å². The van der Waals surface area contributed by atoms with Crippen molar-refractivity contribution in [1.29, 1.82) is 0 Å². The van der Waals surface area contributed by atoms with Gasteiger partial charge in [-0.25, -0.2) is 4.39 Å². The summed E-state index contributed by atoms with van der Waals surface area (Å²) in [5, 5.41) is 8.89. The first-order chi connectivity index (χ1) is 9.45. The van der Waals surface area contributed by atoms with Gasteiger partial charge < -0.3 is 10.6 Å². The molecule has 1 heterocycles. The molecule has 0 aliphatic rings. The van der Waals surface area contributed by atoms with Gasteiger partial charge in [0, 0.05) is 20.1 Å². The molecule has 4 nitrogen and oxygen atoms in total. The number of benzene rings is 1. The number of anilines is 1. The average molecular weight is 312 g/mol. The third-order valence-electron chi connectivity index (χ3n) is 2.53. The maximum absolute atomic E-state index is 14.0. The Kier molecular flexibility index (Phi) is 4.95. The molecule has 1 aromatic heterocycles. The van der Waals surface area contributed by atoms with E-state index in [-0.39, 0.29) is 11.9 Å². The fourth-order valence-corrected chi connectivity index (χ4v) is 3.37. The topological polar surface area (TPSA) is 55.0 Å². The molecule has 2 N–H and O–H groups in total. The van der Waals surface area contributed by atoms with Crippen LogP contribution in [0.15, 0.2) is 27.4 Å². The Balaban J connectivity index is 2.12. The van der Waals surface area contributed by atoms with Crippen LogP contribution in [0.3, 0.4) is 0 Å². The van der Waals surface area contributed by atoms with Crippen molar-refractivity contribution in [2.24, 2.45) is 5.73 Å². The Morgan fingerprint density at radius 2 is 2.15 bits per heavy atom. The highest BCUT2D eigenvalue weighted by atomic mass is 32.2. The molecule has 20 heavy (non-hydrogen) atoms. The summed E-state index contributed by atoms with van der Waals surface area (Å²) < 4.78 is 14.8. The van der Waals surface area contributed by atoms with E-state index < -0.39 is 0 Å². The molecule has 1 atom stereocenters. The molecule has 2 rings (SSSR count). The Morgan fingerprint density at radius 3 is 2.70 bits per heavy atom. The lowest BCUT2D eigenvalue weighted by Gasteiger charge is -2.07. The average Bonchev–Trinajstić information content (AvgIpc) is 2.80. The van der Waals surface area contributed by atoms with Crippen molar-refractivity contribution in [1.82, 2.24) is 10.2 Å². The van der Waals surface area contributed by atoms with Crippen LogP contribution in [-0.2, 0) is 6.42 Å². The van der Waals surface area contributed by atoms with Crippen molar-refractivity contribution in [3.63, 3.8) is 0 Å². The fraction of sp³-hybridized carbons (Fsp3) is 0.385. The number of hydrogen-bond donors (Lipinski definition) is 1. The smallest absolute Gasteiger partial charge is 0.208 e. The lowest BCUT2D eigenvalue weighted by atomic mass is 10.1. The van der Waals surface area contributed by atoms with E-state index in [2.05, 4.69) is 10.2 Å². The van der Waals surface area contributed by atoms with Crippen molar-refractivity contribution in [3.8, 4) is 0 Å². The predicted molar refractivity (Wildman–Crippen MR) is 82.1 cm³/mol. The summed E-state index contributed by atoms with van der Waals surface area (Å²) in [5.41, 5.74) is 6.63. The molecule has 2 aromatic rings. The molecule has 0 aliphatic heterocycles. The van der Waals surface area contributed by atoms with E-state index in [1.807, 2.05) is 32.0 Å². The second-order valence-corrected chi connectivity index (χ2v) is 7.04. The largest absolute Gasteiger partial charge is 0.353 e. The molecule has 1 unspecified atom stereocenters. The van der Waals surface area contributed by atoms with E-state index in [9.17, 15) is 4.39 Å². The summed E-state index contributed by atoms with van der Waals surface area (Å²) in [4.78, 5) is 2.43. The van der Waals surface area contributed by atoms with Gasteiger partial charge in [0.15, 0.2) is 4.34 Å². The first kappa shape index (κ1) is 15.2. The number of rotatable bonds is 5. The third kappa shape index (κ3) is 3.91. The molecule has 7 heteroatoms. The number of nitrogens with two attached hydrogens (primary N) is 1. The Bertz CT molecular complexity index is 584. The first-order valence-corrected chi connectivity index (χ1v) is 7.81. The van der Waals surface area contributed by atoms with Gasteiger partial charge in [-0.1, -0.05) is 29.2 Å². The van der Waals surface area contributed by atoms with Crippen LogP contribution in [-0.4, -0.2) is 30.3 Å². The molecule has 0 fully saturated rings. The minimum absolute atomic E-state index is 0.0266. The van der Waals surface area contributed by atoms with Gasteiger partial charge in [-0.3, -0.25) is 0 Å². The molecular formula is C13H17FN4S2. The maximum atomic E-state index is 14.0. The predicted octanol–water partition coefficient (Wildman–Crippen LogP) is 2.78. The summed E-state index contributed by atoms with van der Waals surface area (Å²) in [7, 11) is 3.80. The van der Waals surface area contributed by atoms with Crippen molar-refractivity contribution < 1.29 is 4.39 Å². The van der Waals surface area contributed by atoms with Gasteiger partial charge in [-0.2, -0.15) is 0 Å². The number of hydrogen-bond acceptors (Lipinski definition) is 6. The lowest BCUT2D eigenvalue weighted by Crippen LogP contribution is -2.17. The van der Waals surface area contributed by atoms with Gasteiger partial charge >= 0.3 is 0 Å². The summed E-state index contributed by atoms with van der Waals surface area (Å²) in [5.74, 6) is -0.241. The van der Waals surface area contributed by atoms with Crippen molar-refractivity contribution in [2.45, 2.75) is 28.6 Å². The summed E-state index contributed by atoms with van der Waals surface area (Å²) in [6.07, 6.45) is 0.672. The zero-order valence-electron chi connectivity index (χ0n) is 11.6. The van der Waals surface area contributed by atoms with E-state index in [1.165, 1.54) is 23.1 Å². The van der Waals surface area contributed by atoms with Crippen LogP contribution >= 0.6 is 23.1 Å². The Hall–Kier alpha value is -1.18. The number of halogens is 1. The van der Waals surface area contributed by atoms with Gasteiger partial charge in [0.1, 0.15) is 5.82 Å². The van der Waals surface area contributed by atoms with Crippen LogP contribution in [0.25, 0.3) is 0 Å². The summed E-state index contributed by atoms with van der Waals surface area (Å²) in [6.45, 7) is 1.91. The van der Waals surface area contributed by atoms with E-state index in [4.69, 9.17) is 5.73 Å². The van der Waals surface area contributed by atoms with Crippen LogP contribution < -0.4 is 10.6 Å². The highest BCUT2D eigenvalue weighted by Gasteiger charge is 2.11. The van der Waals surface area contributed by atoms with E-state index in [1.54, 1.807) is 12.1 Å². The van der Waals surface area contributed by atoms with Gasteiger partial charge in [0.05, 0.1) is 4.90 Å². The Morgan fingerprint density at radius 1 is 1.40 bits per heavy atom. The van der Waals surface area contributed by atoms with Gasteiger partial charge in [0.25, 0.3) is 0 Å².